The maximum absolute atomic E-state index is 4.46. The zero-order valence-corrected chi connectivity index (χ0v) is 11.6. The fraction of sp³-hybridized carbons (Fsp3) is 0.933. The zero-order valence-electron chi connectivity index (χ0n) is 11.6. The quantitative estimate of drug-likeness (QED) is 0.612. The van der Waals surface area contributed by atoms with Crippen LogP contribution in [0, 0.1) is 0 Å². The lowest BCUT2D eigenvalue weighted by Crippen LogP contribution is -2.10. The summed E-state index contributed by atoms with van der Waals surface area (Å²) in [5, 5.41) is 0. The lowest BCUT2D eigenvalue weighted by atomic mass is 9.96. The molecule has 2 aliphatic carbocycles. The fourth-order valence-corrected chi connectivity index (χ4v) is 2.62. The Morgan fingerprint density at radius 3 is 1.35 bits per heavy atom. The lowest BCUT2D eigenvalue weighted by Gasteiger charge is -2.17. The van der Waals surface area contributed by atoms with E-state index in [1.807, 2.05) is 13.8 Å². The summed E-state index contributed by atoms with van der Waals surface area (Å²) in [5.41, 5.74) is 0. The minimum absolute atomic E-state index is 0.533. The Morgan fingerprint density at radius 2 is 1.00 bits per heavy atom. The van der Waals surface area contributed by atoms with Crippen LogP contribution >= 0.6 is 0 Å². The van der Waals surface area contributed by atoms with Gasteiger partial charge >= 0.3 is 0 Å². The molecule has 0 spiro atoms. The van der Waals surface area contributed by atoms with Gasteiger partial charge in [-0.2, -0.15) is 0 Å². The van der Waals surface area contributed by atoms with Crippen molar-refractivity contribution in [2.75, 3.05) is 0 Å². The average Bonchev–Trinajstić information content (AvgIpc) is 2.43. The van der Waals surface area contributed by atoms with E-state index >= 15 is 0 Å². The van der Waals surface area contributed by atoms with Crippen LogP contribution in [0.4, 0.5) is 0 Å². The van der Waals surface area contributed by atoms with Crippen molar-refractivity contribution in [1.82, 2.24) is 0 Å². The molecule has 0 aromatic rings. The molecule has 0 atom stereocenters. The predicted molar refractivity (Wildman–Crippen MR) is 75.0 cm³/mol. The maximum Gasteiger partial charge on any atom is 0.0898 e. The SMILES string of the molecule is C(=NC1CCCCC1)=NC1CCCCC1.CC. The summed E-state index contributed by atoms with van der Waals surface area (Å²) in [6.45, 7) is 4.00. The van der Waals surface area contributed by atoms with Gasteiger partial charge in [-0.1, -0.05) is 52.4 Å². The van der Waals surface area contributed by atoms with Crippen molar-refractivity contribution < 1.29 is 0 Å². The molecule has 2 heteroatoms. The second-order valence-electron chi connectivity index (χ2n) is 4.94. The van der Waals surface area contributed by atoms with Crippen LogP contribution in [0.5, 0.6) is 0 Å². The minimum atomic E-state index is 0.533. The molecule has 0 aromatic carbocycles. The van der Waals surface area contributed by atoms with Gasteiger partial charge < -0.3 is 0 Å². The van der Waals surface area contributed by atoms with E-state index in [2.05, 4.69) is 16.0 Å². The minimum Gasteiger partial charge on any atom is -0.222 e. The molecule has 2 fully saturated rings. The standard InChI is InChI=1S/C13H22N2.C2H6/c1-3-7-12(8-4-1)14-11-15-13-9-5-2-6-10-13;1-2/h12-13H,1-10H2;1-2H3. The first-order valence-corrected chi connectivity index (χ1v) is 7.60. The lowest BCUT2D eigenvalue weighted by molar-refractivity contribution is 0.438. The first-order valence-electron chi connectivity index (χ1n) is 7.60. The molecule has 0 amide bonds. The largest absolute Gasteiger partial charge is 0.222 e. The highest BCUT2D eigenvalue weighted by Crippen LogP contribution is 2.21. The van der Waals surface area contributed by atoms with Gasteiger partial charge in [0.2, 0.25) is 0 Å². The van der Waals surface area contributed by atoms with Crippen LogP contribution in [0.15, 0.2) is 9.98 Å². The molecule has 0 N–H and O–H groups in total. The highest BCUT2D eigenvalue weighted by atomic mass is 14.9. The van der Waals surface area contributed by atoms with Crippen LogP contribution < -0.4 is 0 Å². The molecule has 0 radical (unpaired) electrons. The predicted octanol–water partition coefficient (Wildman–Crippen LogP) is 4.85. The second-order valence-corrected chi connectivity index (χ2v) is 4.94. The highest BCUT2D eigenvalue weighted by molar-refractivity contribution is 5.42. The highest BCUT2D eigenvalue weighted by Gasteiger charge is 2.12. The smallest absolute Gasteiger partial charge is 0.0898 e. The van der Waals surface area contributed by atoms with Crippen molar-refractivity contribution in [3.8, 4) is 0 Å². The van der Waals surface area contributed by atoms with E-state index in [9.17, 15) is 0 Å². The van der Waals surface area contributed by atoms with Crippen molar-refractivity contribution in [2.45, 2.75) is 90.1 Å². The molecule has 2 saturated carbocycles. The molecule has 98 valence electrons. The molecule has 0 bridgehead atoms. The van der Waals surface area contributed by atoms with Crippen molar-refractivity contribution >= 4 is 6.01 Å². The van der Waals surface area contributed by atoms with Crippen LogP contribution in [-0.4, -0.2) is 18.1 Å². The molecular formula is C15H28N2. The van der Waals surface area contributed by atoms with Gasteiger partial charge in [0.25, 0.3) is 0 Å². The number of aliphatic imine (C=N–C) groups is 2. The van der Waals surface area contributed by atoms with Gasteiger partial charge in [0, 0.05) is 0 Å². The van der Waals surface area contributed by atoms with Crippen LogP contribution in [0.1, 0.15) is 78.1 Å². The van der Waals surface area contributed by atoms with E-state index < -0.39 is 0 Å². The summed E-state index contributed by atoms with van der Waals surface area (Å²) < 4.78 is 0. The van der Waals surface area contributed by atoms with E-state index in [-0.39, 0.29) is 0 Å². The molecule has 0 aliphatic heterocycles. The molecule has 0 unspecified atom stereocenters. The molecular weight excluding hydrogens is 208 g/mol. The van der Waals surface area contributed by atoms with Gasteiger partial charge in [-0.05, 0) is 25.7 Å². The first kappa shape index (κ1) is 14.4. The van der Waals surface area contributed by atoms with E-state index in [1.165, 1.54) is 64.2 Å². The molecule has 17 heavy (non-hydrogen) atoms. The Morgan fingerprint density at radius 1 is 0.647 bits per heavy atom. The Kier molecular flexibility index (Phi) is 8.00. The van der Waals surface area contributed by atoms with Crippen molar-refractivity contribution in [1.29, 1.82) is 0 Å². The third-order valence-corrected chi connectivity index (χ3v) is 3.63. The topological polar surface area (TPSA) is 24.7 Å². The number of hydrogen-bond donors (Lipinski definition) is 0. The Balaban J connectivity index is 0.000000686. The van der Waals surface area contributed by atoms with Crippen molar-refractivity contribution in [3.05, 3.63) is 0 Å². The average molecular weight is 236 g/mol. The number of nitrogens with zero attached hydrogens (tertiary/aromatic N) is 2. The molecule has 0 heterocycles. The maximum atomic E-state index is 4.46. The third kappa shape index (κ3) is 6.02. The monoisotopic (exact) mass is 236 g/mol. The molecule has 0 saturated heterocycles. The Labute approximate surface area is 107 Å². The molecule has 2 aliphatic rings. The number of rotatable bonds is 2. The normalized spacial score (nSPS) is 22.0. The second kappa shape index (κ2) is 9.41. The van der Waals surface area contributed by atoms with Gasteiger partial charge in [-0.25, -0.2) is 9.98 Å². The van der Waals surface area contributed by atoms with E-state index in [4.69, 9.17) is 0 Å². The van der Waals surface area contributed by atoms with Crippen LogP contribution in [0.3, 0.4) is 0 Å². The van der Waals surface area contributed by atoms with E-state index in [1.54, 1.807) is 0 Å². The first-order chi connectivity index (χ1) is 8.45. The summed E-state index contributed by atoms with van der Waals surface area (Å²) in [6.07, 6.45) is 13.2. The van der Waals surface area contributed by atoms with Gasteiger partial charge in [-0.15, -0.1) is 0 Å². The summed E-state index contributed by atoms with van der Waals surface area (Å²) in [7, 11) is 0. The summed E-state index contributed by atoms with van der Waals surface area (Å²) in [5.74, 6) is 0. The van der Waals surface area contributed by atoms with Gasteiger partial charge in [0.1, 0.15) is 0 Å². The van der Waals surface area contributed by atoms with Crippen molar-refractivity contribution in [2.24, 2.45) is 9.98 Å². The number of hydrogen-bond acceptors (Lipinski definition) is 2. The van der Waals surface area contributed by atoms with Gasteiger partial charge in [-0.3, -0.25) is 0 Å². The summed E-state index contributed by atoms with van der Waals surface area (Å²) in [6, 6.07) is 4.04. The van der Waals surface area contributed by atoms with Gasteiger partial charge in [0.15, 0.2) is 0 Å². The van der Waals surface area contributed by atoms with Crippen LogP contribution in [0.25, 0.3) is 0 Å². The Bertz CT molecular complexity index is 207. The Hall–Kier alpha value is -0.620. The zero-order chi connectivity index (χ0) is 12.3. The molecule has 2 rings (SSSR count). The van der Waals surface area contributed by atoms with E-state index in [0.29, 0.717) is 12.1 Å². The summed E-state index contributed by atoms with van der Waals surface area (Å²) in [4.78, 5) is 8.92. The third-order valence-electron chi connectivity index (χ3n) is 3.63. The van der Waals surface area contributed by atoms with E-state index in [0.717, 1.165) is 0 Å². The van der Waals surface area contributed by atoms with Crippen LogP contribution in [-0.2, 0) is 0 Å². The summed E-state index contributed by atoms with van der Waals surface area (Å²) >= 11 is 0. The van der Waals surface area contributed by atoms with Crippen LogP contribution in [0.2, 0.25) is 0 Å². The van der Waals surface area contributed by atoms with Crippen molar-refractivity contribution in [3.63, 3.8) is 0 Å². The molecule has 0 aromatic heterocycles. The fourth-order valence-electron chi connectivity index (χ4n) is 2.62. The molecule has 2 nitrogen and oxygen atoms in total. The van der Waals surface area contributed by atoms with Gasteiger partial charge in [0.05, 0.1) is 18.1 Å².